The molecule has 2 aliphatic rings. The van der Waals surface area contributed by atoms with Crippen molar-refractivity contribution < 1.29 is 4.79 Å². The molecule has 0 saturated carbocycles. The lowest BCUT2D eigenvalue weighted by atomic mass is 9.84. The fourth-order valence-electron chi connectivity index (χ4n) is 4.86. The summed E-state index contributed by atoms with van der Waals surface area (Å²) < 4.78 is 2.02. The number of fused-ring (bicyclic) bond motifs is 1. The summed E-state index contributed by atoms with van der Waals surface area (Å²) in [5, 5.41) is 0. The zero-order valence-corrected chi connectivity index (χ0v) is 21.7. The Balaban J connectivity index is 1.38. The molecule has 5 rings (SSSR count). The highest BCUT2D eigenvalue weighted by Gasteiger charge is 2.26. The predicted octanol–water partition coefficient (Wildman–Crippen LogP) is 2.91. The second kappa shape index (κ2) is 9.22. The van der Waals surface area contributed by atoms with Crippen LogP contribution in [-0.2, 0) is 23.7 Å². The smallest absolute Gasteiger partial charge is 0.236 e. The van der Waals surface area contributed by atoms with Crippen molar-refractivity contribution >= 4 is 23.0 Å². The van der Waals surface area contributed by atoms with Gasteiger partial charge in [-0.15, -0.1) is 0 Å². The Morgan fingerprint density at radius 1 is 1.03 bits per heavy atom. The maximum absolute atomic E-state index is 12.4. The molecule has 0 spiro atoms. The SMILES string of the molecule is Cc1ccc(C(C)(C)C)cc1Cc1nc(N2CCN(CC(=O)N3CCC3)CC2)nc2ncn(C)c12. The van der Waals surface area contributed by atoms with Gasteiger partial charge in [0.1, 0.15) is 5.52 Å². The lowest BCUT2D eigenvalue weighted by Gasteiger charge is -2.37. The quantitative estimate of drug-likeness (QED) is 0.565. The molecule has 0 N–H and O–H groups in total. The first-order valence-corrected chi connectivity index (χ1v) is 12.7. The van der Waals surface area contributed by atoms with Gasteiger partial charge in [0, 0.05) is 52.7 Å². The largest absolute Gasteiger partial charge is 0.341 e. The second-order valence-electron chi connectivity index (χ2n) is 11.1. The predicted molar refractivity (Wildman–Crippen MR) is 139 cm³/mol. The average molecular weight is 476 g/mol. The Kier molecular flexibility index (Phi) is 6.25. The standard InChI is InChI=1S/C27H37N7O/c1-19-7-8-21(27(2,3)4)15-20(19)16-22-24-25(28-18-31(24)5)30-26(29-22)34-13-11-32(12-14-34)17-23(35)33-9-6-10-33/h7-8,15,18H,6,9-14,16-17H2,1-5H3. The summed E-state index contributed by atoms with van der Waals surface area (Å²) in [5.41, 5.74) is 6.73. The minimum absolute atomic E-state index is 0.0951. The Bertz CT molecular complexity index is 1230. The number of amides is 1. The number of aryl methyl sites for hydroxylation is 2. The summed E-state index contributed by atoms with van der Waals surface area (Å²) in [7, 11) is 2.01. The van der Waals surface area contributed by atoms with Crippen molar-refractivity contribution in [3.63, 3.8) is 0 Å². The molecule has 2 aromatic heterocycles. The Hall–Kier alpha value is -3.00. The number of imidazole rings is 1. The van der Waals surface area contributed by atoms with Gasteiger partial charge in [0.15, 0.2) is 5.65 Å². The molecule has 2 saturated heterocycles. The summed E-state index contributed by atoms with van der Waals surface area (Å²) >= 11 is 0. The third kappa shape index (κ3) is 4.89. The number of carbonyl (C=O) groups excluding carboxylic acids is 1. The lowest BCUT2D eigenvalue weighted by Crippen LogP contribution is -2.52. The van der Waals surface area contributed by atoms with Crippen molar-refractivity contribution in [3.05, 3.63) is 46.9 Å². The summed E-state index contributed by atoms with van der Waals surface area (Å²) in [4.78, 5) is 33.3. The normalized spacial score (nSPS) is 17.2. The van der Waals surface area contributed by atoms with E-state index in [-0.39, 0.29) is 11.3 Å². The zero-order chi connectivity index (χ0) is 24.7. The molecular weight excluding hydrogens is 438 g/mol. The van der Waals surface area contributed by atoms with E-state index >= 15 is 0 Å². The monoisotopic (exact) mass is 475 g/mol. The molecule has 3 aromatic rings. The number of carbonyl (C=O) groups is 1. The number of anilines is 1. The minimum Gasteiger partial charge on any atom is -0.341 e. The molecule has 1 amide bonds. The van der Waals surface area contributed by atoms with Gasteiger partial charge in [-0.05, 0) is 35.4 Å². The van der Waals surface area contributed by atoms with Crippen LogP contribution in [0.3, 0.4) is 0 Å². The number of benzene rings is 1. The van der Waals surface area contributed by atoms with Gasteiger partial charge in [-0.1, -0.05) is 39.0 Å². The molecule has 2 fully saturated rings. The van der Waals surface area contributed by atoms with Crippen molar-refractivity contribution in [3.8, 4) is 0 Å². The molecule has 4 heterocycles. The van der Waals surface area contributed by atoms with Gasteiger partial charge >= 0.3 is 0 Å². The summed E-state index contributed by atoms with van der Waals surface area (Å²) in [5.74, 6) is 0.996. The second-order valence-corrected chi connectivity index (χ2v) is 11.1. The van der Waals surface area contributed by atoms with Gasteiger partial charge in [0.2, 0.25) is 11.9 Å². The maximum atomic E-state index is 12.4. The highest BCUT2D eigenvalue weighted by Crippen LogP contribution is 2.28. The van der Waals surface area contributed by atoms with E-state index in [1.165, 1.54) is 16.7 Å². The van der Waals surface area contributed by atoms with E-state index in [4.69, 9.17) is 9.97 Å². The minimum atomic E-state index is 0.0951. The molecule has 0 aliphatic carbocycles. The fourth-order valence-corrected chi connectivity index (χ4v) is 4.86. The van der Waals surface area contributed by atoms with Gasteiger partial charge in [0.05, 0.1) is 18.6 Å². The summed E-state index contributed by atoms with van der Waals surface area (Å²) in [6.45, 7) is 14.6. The summed E-state index contributed by atoms with van der Waals surface area (Å²) in [6.07, 6.45) is 3.70. The molecule has 0 atom stereocenters. The first-order valence-electron chi connectivity index (χ1n) is 12.7. The number of nitrogens with zero attached hydrogens (tertiary/aromatic N) is 7. The van der Waals surface area contributed by atoms with Crippen molar-refractivity contribution in [1.29, 1.82) is 0 Å². The molecule has 1 aromatic carbocycles. The van der Waals surface area contributed by atoms with Gasteiger partial charge in [0.25, 0.3) is 0 Å². The number of hydrogen-bond donors (Lipinski definition) is 0. The van der Waals surface area contributed by atoms with Crippen molar-refractivity contribution in [2.45, 2.75) is 46.0 Å². The first-order chi connectivity index (χ1) is 16.7. The molecular formula is C27H37N7O. The van der Waals surface area contributed by atoms with Crippen molar-refractivity contribution in [2.75, 3.05) is 50.7 Å². The van der Waals surface area contributed by atoms with E-state index in [9.17, 15) is 4.79 Å². The number of hydrogen-bond acceptors (Lipinski definition) is 6. The van der Waals surface area contributed by atoms with Crippen LogP contribution in [0, 0.1) is 6.92 Å². The molecule has 2 aliphatic heterocycles. The number of rotatable bonds is 5. The summed E-state index contributed by atoms with van der Waals surface area (Å²) in [6, 6.07) is 6.78. The van der Waals surface area contributed by atoms with Crippen LogP contribution in [0.2, 0.25) is 0 Å². The van der Waals surface area contributed by atoms with Crippen LogP contribution in [-0.4, -0.2) is 81.0 Å². The average Bonchev–Trinajstić information content (AvgIpc) is 3.14. The third-order valence-electron chi connectivity index (χ3n) is 7.43. The van der Waals surface area contributed by atoms with Gasteiger partial charge in [-0.2, -0.15) is 4.98 Å². The highest BCUT2D eigenvalue weighted by atomic mass is 16.2. The fraction of sp³-hybridized carbons (Fsp3) is 0.556. The number of likely N-dealkylation sites (tertiary alicyclic amines) is 1. The Labute approximate surface area is 208 Å². The van der Waals surface area contributed by atoms with Crippen LogP contribution in [0.4, 0.5) is 5.95 Å². The zero-order valence-electron chi connectivity index (χ0n) is 21.7. The van der Waals surface area contributed by atoms with E-state index < -0.39 is 0 Å². The Morgan fingerprint density at radius 2 is 1.77 bits per heavy atom. The molecule has 0 unspecified atom stereocenters. The van der Waals surface area contributed by atoms with Crippen LogP contribution in [0.25, 0.3) is 11.2 Å². The maximum Gasteiger partial charge on any atom is 0.236 e. The molecule has 0 bridgehead atoms. The molecule has 35 heavy (non-hydrogen) atoms. The van der Waals surface area contributed by atoms with E-state index in [2.05, 4.69) is 60.7 Å². The van der Waals surface area contributed by atoms with E-state index in [1.54, 1.807) is 0 Å². The topological polar surface area (TPSA) is 70.4 Å². The molecule has 186 valence electrons. The molecule has 8 nitrogen and oxygen atoms in total. The van der Waals surface area contributed by atoms with Crippen molar-refractivity contribution in [1.82, 2.24) is 29.3 Å². The molecule has 8 heteroatoms. The van der Waals surface area contributed by atoms with Crippen LogP contribution in [0.1, 0.15) is 49.6 Å². The van der Waals surface area contributed by atoms with Crippen LogP contribution >= 0.6 is 0 Å². The van der Waals surface area contributed by atoms with Crippen LogP contribution < -0.4 is 4.90 Å². The van der Waals surface area contributed by atoms with E-state index in [0.717, 1.165) is 74.9 Å². The first kappa shape index (κ1) is 23.7. The highest BCUT2D eigenvalue weighted by molar-refractivity contribution is 5.79. The van der Waals surface area contributed by atoms with Gasteiger partial charge < -0.3 is 14.4 Å². The van der Waals surface area contributed by atoms with E-state index in [1.807, 2.05) is 22.8 Å². The van der Waals surface area contributed by atoms with Crippen LogP contribution in [0.5, 0.6) is 0 Å². The lowest BCUT2D eigenvalue weighted by molar-refractivity contribution is -0.135. The van der Waals surface area contributed by atoms with Gasteiger partial charge in [-0.3, -0.25) is 9.69 Å². The number of piperazine rings is 1. The Morgan fingerprint density at radius 3 is 2.43 bits per heavy atom. The number of aromatic nitrogens is 4. The van der Waals surface area contributed by atoms with E-state index in [0.29, 0.717) is 6.54 Å². The van der Waals surface area contributed by atoms with Gasteiger partial charge in [-0.25, -0.2) is 9.97 Å². The third-order valence-corrected chi connectivity index (χ3v) is 7.43. The van der Waals surface area contributed by atoms with Crippen molar-refractivity contribution in [2.24, 2.45) is 7.05 Å². The molecule has 0 radical (unpaired) electrons. The van der Waals surface area contributed by atoms with Crippen LogP contribution in [0.15, 0.2) is 24.5 Å².